The predicted molar refractivity (Wildman–Crippen MR) is 59.1 cm³/mol. The van der Waals surface area contributed by atoms with Crippen molar-refractivity contribution in [2.24, 2.45) is 0 Å². The highest BCUT2D eigenvalue weighted by atomic mass is 16.5. The zero-order valence-electron chi connectivity index (χ0n) is 9.38. The lowest BCUT2D eigenvalue weighted by Crippen LogP contribution is -2.06. The number of esters is 1. The second-order valence-electron chi connectivity index (χ2n) is 3.10. The number of allylic oxidation sites excluding steroid dienone is 2. The molecule has 0 saturated carbocycles. The molecule has 80 valence electrons. The Kier molecular flexibility index (Phi) is 7.90. The molecule has 0 rings (SSSR count). The second-order valence-corrected chi connectivity index (χ2v) is 3.10. The summed E-state index contributed by atoms with van der Waals surface area (Å²) >= 11 is 0. The Hall–Kier alpha value is -1.05. The normalized spacial score (nSPS) is 12.1. The molecule has 0 amide bonds. The van der Waals surface area contributed by atoms with Crippen LogP contribution in [0.5, 0.6) is 0 Å². The molecule has 0 heterocycles. The quantitative estimate of drug-likeness (QED) is 0.282. The van der Waals surface area contributed by atoms with Gasteiger partial charge >= 0.3 is 5.97 Å². The molecular formula is C12H20O2. The molecule has 0 aliphatic rings. The van der Waals surface area contributed by atoms with E-state index < -0.39 is 0 Å². The van der Waals surface area contributed by atoms with Crippen molar-refractivity contribution in [3.05, 3.63) is 23.8 Å². The monoisotopic (exact) mass is 196 g/mol. The molecule has 14 heavy (non-hydrogen) atoms. The van der Waals surface area contributed by atoms with Crippen molar-refractivity contribution in [1.29, 1.82) is 0 Å². The number of hydrogen-bond donors (Lipinski definition) is 0. The van der Waals surface area contributed by atoms with E-state index in [-0.39, 0.29) is 5.97 Å². The van der Waals surface area contributed by atoms with E-state index in [0.29, 0.717) is 12.2 Å². The van der Waals surface area contributed by atoms with Crippen LogP contribution in [0.4, 0.5) is 0 Å². The van der Waals surface area contributed by atoms with Gasteiger partial charge in [0, 0.05) is 5.57 Å². The van der Waals surface area contributed by atoms with Gasteiger partial charge < -0.3 is 4.74 Å². The summed E-state index contributed by atoms with van der Waals surface area (Å²) < 4.78 is 5.04. The fourth-order valence-corrected chi connectivity index (χ4v) is 1.01. The Morgan fingerprint density at radius 3 is 2.50 bits per heavy atom. The van der Waals surface area contributed by atoms with Crippen molar-refractivity contribution in [2.45, 2.75) is 40.0 Å². The smallest absolute Gasteiger partial charge is 0.333 e. The number of rotatable bonds is 6. The maximum absolute atomic E-state index is 11.3. The molecule has 0 unspecified atom stereocenters. The van der Waals surface area contributed by atoms with Crippen molar-refractivity contribution in [3.8, 4) is 0 Å². The van der Waals surface area contributed by atoms with Gasteiger partial charge in [-0.1, -0.05) is 32.1 Å². The highest BCUT2D eigenvalue weighted by Gasteiger charge is 2.02. The van der Waals surface area contributed by atoms with Crippen LogP contribution in [-0.4, -0.2) is 12.6 Å². The summed E-state index contributed by atoms with van der Waals surface area (Å²) in [5, 5.41) is 0. The number of carbonyl (C=O) groups excluding carboxylic acids is 1. The van der Waals surface area contributed by atoms with E-state index in [2.05, 4.69) is 13.0 Å². The van der Waals surface area contributed by atoms with Crippen LogP contribution in [0.25, 0.3) is 0 Å². The third kappa shape index (κ3) is 6.46. The van der Waals surface area contributed by atoms with E-state index in [0.717, 1.165) is 19.3 Å². The van der Waals surface area contributed by atoms with Crippen molar-refractivity contribution in [1.82, 2.24) is 0 Å². The van der Waals surface area contributed by atoms with Crippen molar-refractivity contribution in [2.75, 3.05) is 6.61 Å². The molecule has 0 aliphatic heterocycles. The van der Waals surface area contributed by atoms with E-state index in [9.17, 15) is 4.79 Å². The topological polar surface area (TPSA) is 26.3 Å². The largest absolute Gasteiger partial charge is 0.462 e. The summed E-state index contributed by atoms with van der Waals surface area (Å²) in [7, 11) is 0. The van der Waals surface area contributed by atoms with Crippen LogP contribution in [0.1, 0.15) is 40.0 Å². The average molecular weight is 196 g/mol. The van der Waals surface area contributed by atoms with Gasteiger partial charge in [-0.15, -0.1) is 0 Å². The molecule has 0 saturated heterocycles. The summed E-state index contributed by atoms with van der Waals surface area (Å²) in [4.78, 5) is 11.3. The zero-order valence-corrected chi connectivity index (χ0v) is 9.38. The van der Waals surface area contributed by atoms with Crippen LogP contribution in [0.15, 0.2) is 23.8 Å². The van der Waals surface area contributed by atoms with Gasteiger partial charge in [-0.25, -0.2) is 4.79 Å². The molecule has 0 atom stereocenters. The first-order valence-corrected chi connectivity index (χ1v) is 5.21. The first-order valence-electron chi connectivity index (χ1n) is 5.21. The van der Waals surface area contributed by atoms with Crippen LogP contribution in [-0.2, 0) is 9.53 Å². The lowest BCUT2D eigenvalue weighted by atomic mass is 10.2. The Morgan fingerprint density at radius 2 is 1.93 bits per heavy atom. The van der Waals surface area contributed by atoms with Gasteiger partial charge in [0.2, 0.25) is 0 Å². The SMILES string of the molecule is CC/C=C(/C)C(=O)OCC/C=C/CC. The summed E-state index contributed by atoms with van der Waals surface area (Å²) in [6.07, 6.45) is 8.69. The molecule has 0 aromatic heterocycles. The molecule has 0 N–H and O–H groups in total. The Labute approximate surface area is 86.6 Å². The average Bonchev–Trinajstić information content (AvgIpc) is 2.17. The van der Waals surface area contributed by atoms with E-state index >= 15 is 0 Å². The fraction of sp³-hybridized carbons (Fsp3) is 0.583. The molecule has 0 aromatic rings. The van der Waals surface area contributed by atoms with E-state index in [4.69, 9.17) is 4.74 Å². The Morgan fingerprint density at radius 1 is 1.21 bits per heavy atom. The van der Waals surface area contributed by atoms with Gasteiger partial charge in [0.05, 0.1) is 6.61 Å². The van der Waals surface area contributed by atoms with Gasteiger partial charge in [0.25, 0.3) is 0 Å². The number of hydrogen-bond acceptors (Lipinski definition) is 2. The molecule has 2 heteroatoms. The highest BCUT2D eigenvalue weighted by Crippen LogP contribution is 1.99. The first kappa shape index (κ1) is 12.9. The first-order chi connectivity index (χ1) is 6.72. The second kappa shape index (κ2) is 8.54. The van der Waals surface area contributed by atoms with Gasteiger partial charge in [0.15, 0.2) is 0 Å². The Balaban J connectivity index is 3.64. The zero-order chi connectivity index (χ0) is 10.8. The van der Waals surface area contributed by atoms with Crippen molar-refractivity contribution >= 4 is 5.97 Å². The molecule has 0 spiro atoms. The minimum Gasteiger partial charge on any atom is -0.462 e. The summed E-state index contributed by atoms with van der Waals surface area (Å²) in [5.74, 6) is -0.197. The lowest BCUT2D eigenvalue weighted by molar-refractivity contribution is -0.138. The molecule has 0 fully saturated rings. The highest BCUT2D eigenvalue weighted by molar-refractivity contribution is 5.87. The fourth-order valence-electron chi connectivity index (χ4n) is 1.01. The van der Waals surface area contributed by atoms with Crippen LogP contribution in [0.3, 0.4) is 0 Å². The van der Waals surface area contributed by atoms with Crippen LogP contribution in [0, 0.1) is 0 Å². The minimum absolute atomic E-state index is 0.197. The Bertz CT molecular complexity index is 214. The maximum atomic E-state index is 11.3. The van der Waals surface area contributed by atoms with E-state index in [1.807, 2.05) is 19.1 Å². The molecule has 0 aromatic carbocycles. The van der Waals surface area contributed by atoms with Crippen molar-refractivity contribution < 1.29 is 9.53 Å². The molecular weight excluding hydrogens is 176 g/mol. The van der Waals surface area contributed by atoms with Crippen LogP contribution < -0.4 is 0 Å². The molecule has 0 radical (unpaired) electrons. The van der Waals surface area contributed by atoms with E-state index in [1.165, 1.54) is 0 Å². The van der Waals surface area contributed by atoms with E-state index in [1.54, 1.807) is 6.92 Å². The summed E-state index contributed by atoms with van der Waals surface area (Å²) in [5.41, 5.74) is 0.701. The van der Waals surface area contributed by atoms with Crippen LogP contribution in [0.2, 0.25) is 0 Å². The predicted octanol–water partition coefficient (Wildman–Crippen LogP) is 3.24. The van der Waals surface area contributed by atoms with Crippen molar-refractivity contribution in [3.63, 3.8) is 0 Å². The van der Waals surface area contributed by atoms with Gasteiger partial charge in [-0.3, -0.25) is 0 Å². The molecule has 2 nitrogen and oxygen atoms in total. The third-order valence-corrected chi connectivity index (χ3v) is 1.75. The summed E-state index contributed by atoms with van der Waals surface area (Å²) in [6.45, 7) is 6.34. The van der Waals surface area contributed by atoms with Crippen LogP contribution >= 0.6 is 0 Å². The van der Waals surface area contributed by atoms with Gasteiger partial charge in [0.1, 0.15) is 0 Å². The maximum Gasteiger partial charge on any atom is 0.333 e. The number of ether oxygens (including phenoxy) is 1. The molecule has 0 bridgehead atoms. The molecule has 0 aliphatic carbocycles. The minimum atomic E-state index is -0.197. The standard InChI is InChI=1S/C12H20O2/c1-4-6-7-8-10-14-12(13)11(3)9-5-2/h6-7,9H,4-5,8,10H2,1-3H3/b7-6+,11-9-. The van der Waals surface area contributed by atoms with Gasteiger partial charge in [-0.05, 0) is 26.2 Å². The lowest BCUT2D eigenvalue weighted by Gasteiger charge is -2.02. The van der Waals surface area contributed by atoms with Gasteiger partial charge in [-0.2, -0.15) is 0 Å². The third-order valence-electron chi connectivity index (χ3n) is 1.75. The number of carbonyl (C=O) groups is 1. The summed E-state index contributed by atoms with van der Waals surface area (Å²) in [6, 6.07) is 0.